The van der Waals surface area contributed by atoms with Gasteiger partial charge in [-0.3, -0.25) is 4.79 Å². The number of primary sulfonamides is 1. The number of nitrogens with zero attached hydrogens (tertiary/aromatic N) is 1. The molecule has 1 aromatic rings. The van der Waals surface area contributed by atoms with Crippen LogP contribution in [0.3, 0.4) is 0 Å². The summed E-state index contributed by atoms with van der Waals surface area (Å²) in [4.78, 5) is 13.9. The first-order valence-corrected chi connectivity index (χ1v) is 9.26. The molecule has 0 aromatic carbocycles. The Morgan fingerprint density at radius 3 is 2.19 bits per heavy atom. The van der Waals surface area contributed by atoms with Crippen molar-refractivity contribution in [1.29, 1.82) is 0 Å². The van der Waals surface area contributed by atoms with Crippen molar-refractivity contribution in [2.24, 2.45) is 5.14 Å². The van der Waals surface area contributed by atoms with E-state index >= 15 is 0 Å². The molecule has 0 fully saturated rings. The minimum absolute atomic E-state index is 0.0156. The summed E-state index contributed by atoms with van der Waals surface area (Å²) >= 11 is 2.98. The van der Waals surface area contributed by atoms with Crippen molar-refractivity contribution in [3.8, 4) is 0 Å². The molecule has 0 aliphatic rings. The Labute approximate surface area is 133 Å². The van der Waals surface area contributed by atoms with Gasteiger partial charge in [0.05, 0.1) is 0 Å². The highest BCUT2D eigenvalue weighted by Crippen LogP contribution is 2.26. The number of rotatable bonds is 8. The van der Waals surface area contributed by atoms with Gasteiger partial charge in [-0.05, 0) is 28.8 Å². The van der Waals surface area contributed by atoms with Crippen molar-refractivity contribution in [2.75, 3.05) is 13.1 Å². The molecule has 21 heavy (non-hydrogen) atoms. The van der Waals surface area contributed by atoms with Crippen LogP contribution in [0.25, 0.3) is 0 Å². The van der Waals surface area contributed by atoms with Crippen LogP contribution in [0.5, 0.6) is 0 Å². The first kappa shape index (κ1) is 18.2. The number of amides is 1. The van der Waals surface area contributed by atoms with Gasteiger partial charge in [-0.2, -0.15) is 0 Å². The van der Waals surface area contributed by atoms with Crippen molar-refractivity contribution >= 4 is 31.9 Å². The van der Waals surface area contributed by atoms with E-state index in [0.717, 1.165) is 25.7 Å². The number of hydrogen-bond donors (Lipinski definition) is 1. The summed E-state index contributed by atoms with van der Waals surface area (Å²) in [5.74, 6) is -0.328. The second kappa shape index (κ2) is 7.95. The van der Waals surface area contributed by atoms with Gasteiger partial charge in [-0.25, -0.2) is 13.6 Å². The van der Waals surface area contributed by atoms with E-state index in [9.17, 15) is 13.2 Å². The molecule has 0 saturated carbocycles. The molecule has 1 aromatic heterocycles. The summed E-state index contributed by atoms with van der Waals surface area (Å²) < 4.78 is 27.9. The molecule has 0 bridgehead atoms. The van der Waals surface area contributed by atoms with E-state index in [0.29, 0.717) is 13.1 Å². The second-order valence-electron chi connectivity index (χ2n) is 4.79. The van der Waals surface area contributed by atoms with Crippen molar-refractivity contribution in [3.63, 3.8) is 0 Å². The normalized spacial score (nSPS) is 11.6. The topological polar surface area (TPSA) is 93.6 Å². The fourth-order valence-corrected chi connectivity index (χ4v) is 3.32. The molecule has 2 N–H and O–H groups in total. The Morgan fingerprint density at radius 1 is 1.29 bits per heavy atom. The predicted molar refractivity (Wildman–Crippen MR) is 83.5 cm³/mol. The van der Waals surface area contributed by atoms with Gasteiger partial charge in [0.25, 0.3) is 5.91 Å². The van der Waals surface area contributed by atoms with Crippen LogP contribution < -0.4 is 5.14 Å². The van der Waals surface area contributed by atoms with Gasteiger partial charge in [0, 0.05) is 19.2 Å². The summed E-state index contributed by atoms with van der Waals surface area (Å²) in [6, 6.07) is 1.17. The van der Waals surface area contributed by atoms with Crippen molar-refractivity contribution in [3.05, 3.63) is 16.5 Å². The zero-order valence-corrected chi connectivity index (χ0v) is 14.7. The molecule has 1 heterocycles. The molecule has 0 atom stereocenters. The second-order valence-corrected chi connectivity index (χ2v) is 7.04. The first-order chi connectivity index (χ1) is 9.81. The van der Waals surface area contributed by atoms with Gasteiger partial charge in [0.2, 0.25) is 10.0 Å². The molecule has 0 radical (unpaired) electrons. The zero-order chi connectivity index (χ0) is 16.0. The van der Waals surface area contributed by atoms with Gasteiger partial charge in [-0.15, -0.1) is 0 Å². The molecular weight excluding hydrogens is 360 g/mol. The highest BCUT2D eigenvalue weighted by molar-refractivity contribution is 9.10. The molecule has 0 spiro atoms. The monoisotopic (exact) mass is 380 g/mol. The Hall–Kier alpha value is -0.860. The predicted octanol–water partition coefficient (Wildman–Crippen LogP) is 2.73. The van der Waals surface area contributed by atoms with Gasteiger partial charge in [0.1, 0.15) is 4.90 Å². The van der Waals surface area contributed by atoms with E-state index in [4.69, 9.17) is 9.56 Å². The van der Waals surface area contributed by atoms with E-state index in [1.165, 1.54) is 6.07 Å². The third-order valence-corrected chi connectivity index (χ3v) is 4.79. The summed E-state index contributed by atoms with van der Waals surface area (Å²) in [6.45, 7) is 5.34. The lowest BCUT2D eigenvalue weighted by Crippen LogP contribution is -2.32. The van der Waals surface area contributed by atoms with Crippen LogP contribution in [0.4, 0.5) is 0 Å². The Morgan fingerprint density at radius 2 is 1.81 bits per heavy atom. The van der Waals surface area contributed by atoms with E-state index in [2.05, 4.69) is 15.9 Å². The summed E-state index contributed by atoms with van der Waals surface area (Å²) in [7, 11) is -3.92. The fourth-order valence-electron chi connectivity index (χ4n) is 1.82. The SMILES string of the molecule is CCCCN(CCCC)C(=O)c1cc(S(N)(=O)=O)c(Br)o1. The number of carbonyl (C=O) groups excluding carboxylic acids is 1. The zero-order valence-electron chi connectivity index (χ0n) is 12.3. The highest BCUT2D eigenvalue weighted by Gasteiger charge is 2.25. The third kappa shape index (κ3) is 5.12. The van der Waals surface area contributed by atoms with Crippen molar-refractivity contribution in [2.45, 2.75) is 44.4 Å². The minimum atomic E-state index is -3.92. The van der Waals surface area contributed by atoms with Crippen LogP contribution in [-0.4, -0.2) is 32.3 Å². The Bertz CT molecular complexity index is 575. The number of halogens is 1. The quantitative estimate of drug-likeness (QED) is 0.749. The Balaban J connectivity index is 2.98. The molecule has 0 unspecified atom stereocenters. The number of hydrogen-bond acceptors (Lipinski definition) is 4. The smallest absolute Gasteiger partial charge is 0.289 e. The summed E-state index contributed by atoms with van der Waals surface area (Å²) in [6.07, 6.45) is 3.72. The van der Waals surface area contributed by atoms with Crippen LogP contribution in [0.15, 0.2) is 20.0 Å². The molecule has 1 amide bonds. The molecule has 1 rings (SSSR count). The lowest BCUT2D eigenvalue weighted by molar-refractivity contribution is 0.0717. The maximum absolute atomic E-state index is 12.4. The molecule has 0 saturated heterocycles. The molecule has 120 valence electrons. The Kier molecular flexibility index (Phi) is 6.89. The molecule has 0 aliphatic heterocycles. The van der Waals surface area contributed by atoms with Gasteiger partial charge in [0.15, 0.2) is 10.4 Å². The summed E-state index contributed by atoms with van der Waals surface area (Å²) in [5, 5.41) is 5.06. The molecular formula is C13H21BrN2O4S. The molecule has 8 heteroatoms. The number of unbranched alkanes of at least 4 members (excludes halogenated alkanes) is 2. The largest absolute Gasteiger partial charge is 0.443 e. The maximum atomic E-state index is 12.4. The van der Waals surface area contributed by atoms with Gasteiger partial charge < -0.3 is 9.32 Å². The fraction of sp³-hybridized carbons (Fsp3) is 0.615. The maximum Gasteiger partial charge on any atom is 0.289 e. The third-order valence-electron chi connectivity index (χ3n) is 3.02. The number of furan rings is 1. The van der Waals surface area contributed by atoms with Crippen LogP contribution in [0.2, 0.25) is 0 Å². The minimum Gasteiger partial charge on any atom is -0.443 e. The van der Waals surface area contributed by atoms with E-state index in [-0.39, 0.29) is 21.2 Å². The van der Waals surface area contributed by atoms with Crippen molar-refractivity contribution < 1.29 is 17.6 Å². The van der Waals surface area contributed by atoms with E-state index in [1.807, 2.05) is 13.8 Å². The lowest BCUT2D eigenvalue weighted by atomic mass is 10.2. The number of sulfonamides is 1. The standard InChI is InChI=1S/C13H21BrN2O4S/c1-3-5-7-16(8-6-4-2)13(17)10-9-11(12(14)20-10)21(15,18)19/h9H,3-8H2,1-2H3,(H2,15,18,19). The average molecular weight is 381 g/mol. The number of carbonyl (C=O) groups is 1. The van der Waals surface area contributed by atoms with Crippen LogP contribution in [0, 0.1) is 0 Å². The number of nitrogens with two attached hydrogens (primary N) is 1. The first-order valence-electron chi connectivity index (χ1n) is 6.92. The lowest BCUT2D eigenvalue weighted by Gasteiger charge is -2.21. The molecule has 0 aliphatic carbocycles. The van der Waals surface area contributed by atoms with Gasteiger partial charge in [-0.1, -0.05) is 26.7 Å². The van der Waals surface area contributed by atoms with Crippen molar-refractivity contribution in [1.82, 2.24) is 4.90 Å². The van der Waals surface area contributed by atoms with Crippen LogP contribution >= 0.6 is 15.9 Å². The van der Waals surface area contributed by atoms with Gasteiger partial charge >= 0.3 is 0 Å². The van der Waals surface area contributed by atoms with E-state index < -0.39 is 10.0 Å². The molecule has 6 nitrogen and oxygen atoms in total. The van der Waals surface area contributed by atoms with Crippen LogP contribution in [-0.2, 0) is 10.0 Å². The van der Waals surface area contributed by atoms with Crippen LogP contribution in [0.1, 0.15) is 50.1 Å². The summed E-state index contributed by atoms with van der Waals surface area (Å²) in [5.41, 5.74) is 0. The van der Waals surface area contributed by atoms with E-state index in [1.54, 1.807) is 4.90 Å². The average Bonchev–Trinajstić information content (AvgIpc) is 2.80. The highest BCUT2D eigenvalue weighted by atomic mass is 79.9.